The molecule has 3 rings (SSSR count). The lowest BCUT2D eigenvalue weighted by Gasteiger charge is -2.40. The molecule has 1 aromatic rings. The Balaban J connectivity index is 1.56. The summed E-state index contributed by atoms with van der Waals surface area (Å²) in [5.74, 6) is -0.161. The van der Waals surface area contributed by atoms with E-state index in [2.05, 4.69) is 5.32 Å². The molecule has 3 atom stereocenters. The van der Waals surface area contributed by atoms with E-state index in [0.717, 1.165) is 12.8 Å². The van der Waals surface area contributed by atoms with E-state index in [1.54, 1.807) is 12.1 Å². The van der Waals surface area contributed by atoms with Crippen molar-refractivity contribution in [3.63, 3.8) is 0 Å². The summed E-state index contributed by atoms with van der Waals surface area (Å²) >= 11 is 0. The van der Waals surface area contributed by atoms with Crippen molar-refractivity contribution in [2.45, 2.75) is 56.9 Å². The first-order valence-electron chi connectivity index (χ1n) is 6.92. The zero-order valence-corrected chi connectivity index (χ0v) is 10.6. The zero-order valence-electron chi connectivity index (χ0n) is 10.6. The van der Waals surface area contributed by atoms with Crippen molar-refractivity contribution in [2.75, 3.05) is 0 Å². The van der Waals surface area contributed by atoms with Crippen molar-refractivity contribution in [1.29, 1.82) is 0 Å². The zero-order chi connectivity index (χ0) is 12.4. The molecule has 1 aromatic carbocycles. The molecule has 2 bridgehead atoms. The highest BCUT2D eigenvalue weighted by Crippen LogP contribution is 2.28. The van der Waals surface area contributed by atoms with Crippen LogP contribution in [0.5, 0.6) is 0 Å². The summed E-state index contributed by atoms with van der Waals surface area (Å²) in [7, 11) is 0. The van der Waals surface area contributed by atoms with Gasteiger partial charge in [0.25, 0.3) is 0 Å². The summed E-state index contributed by atoms with van der Waals surface area (Å²) in [6, 6.07) is 8.10. The molecule has 2 saturated heterocycles. The minimum absolute atomic E-state index is 0.161. The highest BCUT2D eigenvalue weighted by Gasteiger charge is 2.31. The Morgan fingerprint density at radius 3 is 2.61 bits per heavy atom. The first kappa shape index (κ1) is 12.1. The molecule has 0 amide bonds. The van der Waals surface area contributed by atoms with Gasteiger partial charge in [-0.05, 0) is 31.7 Å². The van der Waals surface area contributed by atoms with Crippen LogP contribution in [0.4, 0.5) is 4.39 Å². The lowest BCUT2D eigenvalue weighted by Crippen LogP contribution is -2.50. The minimum Gasteiger partial charge on any atom is -0.373 e. The van der Waals surface area contributed by atoms with Crippen molar-refractivity contribution < 1.29 is 9.13 Å². The fraction of sp³-hybridized carbons (Fsp3) is 0.600. The van der Waals surface area contributed by atoms with Gasteiger partial charge >= 0.3 is 0 Å². The fourth-order valence-corrected chi connectivity index (χ4v) is 3.17. The molecule has 0 saturated carbocycles. The molecule has 0 aliphatic carbocycles. The number of benzene rings is 1. The van der Waals surface area contributed by atoms with Crippen molar-refractivity contribution in [2.24, 2.45) is 0 Å². The van der Waals surface area contributed by atoms with Gasteiger partial charge in [0.2, 0.25) is 0 Å². The number of piperidine rings is 2. The first-order valence-corrected chi connectivity index (χ1v) is 6.92. The van der Waals surface area contributed by atoms with E-state index in [4.69, 9.17) is 4.74 Å². The van der Waals surface area contributed by atoms with Crippen LogP contribution in [0.15, 0.2) is 24.3 Å². The summed E-state index contributed by atoms with van der Waals surface area (Å²) < 4.78 is 19.4. The monoisotopic (exact) mass is 249 g/mol. The van der Waals surface area contributed by atoms with Gasteiger partial charge in [-0.2, -0.15) is 0 Å². The molecule has 2 nitrogen and oxygen atoms in total. The van der Waals surface area contributed by atoms with E-state index < -0.39 is 0 Å². The Morgan fingerprint density at radius 2 is 1.89 bits per heavy atom. The normalized spacial score (nSPS) is 31.3. The van der Waals surface area contributed by atoms with Crippen molar-refractivity contribution in [3.8, 4) is 0 Å². The Hall–Kier alpha value is -0.930. The molecule has 1 N–H and O–H groups in total. The second kappa shape index (κ2) is 5.37. The molecule has 0 spiro atoms. The summed E-state index contributed by atoms with van der Waals surface area (Å²) in [4.78, 5) is 0. The van der Waals surface area contributed by atoms with Gasteiger partial charge in [0.1, 0.15) is 5.82 Å². The van der Waals surface area contributed by atoms with Gasteiger partial charge < -0.3 is 10.1 Å². The smallest absolute Gasteiger partial charge is 0.128 e. The Bertz CT molecular complexity index is 397. The maximum atomic E-state index is 13.5. The average molecular weight is 249 g/mol. The molecule has 0 radical (unpaired) electrons. The van der Waals surface area contributed by atoms with Gasteiger partial charge in [-0.25, -0.2) is 4.39 Å². The predicted molar refractivity (Wildman–Crippen MR) is 68.8 cm³/mol. The molecule has 0 aromatic heterocycles. The molecular weight excluding hydrogens is 229 g/mol. The molecule has 2 heterocycles. The summed E-state index contributed by atoms with van der Waals surface area (Å²) in [5.41, 5.74) is 0.668. The van der Waals surface area contributed by atoms with Gasteiger partial charge in [-0.15, -0.1) is 0 Å². The second-order valence-corrected chi connectivity index (χ2v) is 5.49. The number of halogens is 1. The van der Waals surface area contributed by atoms with Crippen LogP contribution in [0.1, 0.15) is 37.7 Å². The van der Waals surface area contributed by atoms with Crippen LogP contribution in [0.25, 0.3) is 0 Å². The fourth-order valence-electron chi connectivity index (χ4n) is 3.17. The Labute approximate surface area is 108 Å². The van der Waals surface area contributed by atoms with Gasteiger partial charge in [0.05, 0.1) is 12.7 Å². The largest absolute Gasteiger partial charge is 0.373 e. The van der Waals surface area contributed by atoms with Crippen LogP contribution >= 0.6 is 0 Å². The number of ether oxygens (including phenoxy) is 1. The number of hydrogen-bond acceptors (Lipinski definition) is 2. The standard InChI is InChI=1S/C15H20FNO/c16-15-7-2-1-4-11(15)10-18-14-8-12-5-3-6-13(9-14)17-12/h1-2,4,7,12-14,17H,3,5-6,8-10H2/t12-,13+,14?. The quantitative estimate of drug-likeness (QED) is 0.889. The van der Waals surface area contributed by atoms with Gasteiger partial charge in [-0.1, -0.05) is 24.6 Å². The van der Waals surface area contributed by atoms with Crippen molar-refractivity contribution in [3.05, 3.63) is 35.6 Å². The highest BCUT2D eigenvalue weighted by molar-refractivity contribution is 5.16. The van der Waals surface area contributed by atoms with Crippen LogP contribution in [-0.4, -0.2) is 18.2 Å². The van der Waals surface area contributed by atoms with Gasteiger partial charge in [0.15, 0.2) is 0 Å². The number of hydrogen-bond donors (Lipinski definition) is 1. The van der Waals surface area contributed by atoms with Crippen molar-refractivity contribution >= 4 is 0 Å². The number of nitrogens with one attached hydrogen (secondary N) is 1. The van der Waals surface area contributed by atoms with E-state index in [1.807, 2.05) is 6.07 Å². The van der Waals surface area contributed by atoms with Crippen LogP contribution < -0.4 is 5.32 Å². The molecule has 18 heavy (non-hydrogen) atoms. The molecule has 98 valence electrons. The van der Waals surface area contributed by atoms with Crippen LogP contribution in [0.2, 0.25) is 0 Å². The van der Waals surface area contributed by atoms with E-state index in [9.17, 15) is 4.39 Å². The molecule has 3 heteroatoms. The summed E-state index contributed by atoms with van der Waals surface area (Å²) in [6.07, 6.45) is 6.30. The topological polar surface area (TPSA) is 21.3 Å². The van der Waals surface area contributed by atoms with E-state index in [0.29, 0.717) is 30.4 Å². The predicted octanol–water partition coefficient (Wildman–Crippen LogP) is 3.02. The molecular formula is C15H20FNO. The molecule has 2 fully saturated rings. The third-order valence-electron chi connectivity index (χ3n) is 4.10. The third-order valence-corrected chi connectivity index (χ3v) is 4.10. The van der Waals surface area contributed by atoms with E-state index in [1.165, 1.54) is 25.3 Å². The van der Waals surface area contributed by atoms with Gasteiger partial charge in [0, 0.05) is 17.6 Å². The molecule has 2 aliphatic heterocycles. The summed E-state index contributed by atoms with van der Waals surface area (Å²) in [6.45, 7) is 0.400. The molecule has 2 aliphatic rings. The first-order chi connectivity index (χ1) is 8.81. The maximum absolute atomic E-state index is 13.5. The minimum atomic E-state index is -0.161. The van der Waals surface area contributed by atoms with Crippen molar-refractivity contribution in [1.82, 2.24) is 5.32 Å². The highest BCUT2D eigenvalue weighted by atomic mass is 19.1. The van der Waals surface area contributed by atoms with Crippen LogP contribution in [0.3, 0.4) is 0 Å². The summed E-state index contributed by atoms with van der Waals surface area (Å²) in [5, 5.41) is 3.64. The SMILES string of the molecule is Fc1ccccc1COC1C[C@H]2CCC[C@@H](C1)N2. The Morgan fingerprint density at radius 1 is 1.17 bits per heavy atom. The van der Waals surface area contributed by atoms with E-state index in [-0.39, 0.29) is 5.82 Å². The third kappa shape index (κ3) is 2.73. The van der Waals surface area contributed by atoms with Gasteiger partial charge in [-0.3, -0.25) is 0 Å². The Kier molecular flexibility index (Phi) is 3.62. The van der Waals surface area contributed by atoms with E-state index >= 15 is 0 Å². The van der Waals surface area contributed by atoms with Crippen LogP contribution in [-0.2, 0) is 11.3 Å². The lowest BCUT2D eigenvalue weighted by atomic mass is 9.85. The lowest BCUT2D eigenvalue weighted by molar-refractivity contribution is -0.0106. The average Bonchev–Trinajstić information content (AvgIpc) is 2.37. The van der Waals surface area contributed by atoms with Crippen LogP contribution in [0, 0.1) is 5.82 Å². The number of rotatable bonds is 3. The second-order valence-electron chi connectivity index (χ2n) is 5.49. The number of fused-ring (bicyclic) bond motifs is 2. The molecule has 1 unspecified atom stereocenters. The maximum Gasteiger partial charge on any atom is 0.128 e.